The molecule has 19 heavy (non-hydrogen) atoms. The topological polar surface area (TPSA) is 58.8 Å². The van der Waals surface area contributed by atoms with Crippen LogP contribution in [0, 0.1) is 0 Å². The Labute approximate surface area is 113 Å². The average molecular weight is 263 g/mol. The number of esters is 1. The van der Waals surface area contributed by atoms with E-state index < -0.39 is 0 Å². The summed E-state index contributed by atoms with van der Waals surface area (Å²) in [5.41, 5.74) is 7.98. The number of ether oxygens (including phenoxy) is 1. The number of para-hydroxylation sites is 1. The summed E-state index contributed by atoms with van der Waals surface area (Å²) in [6.45, 7) is 5.00. The number of carbonyl (C=O) groups excluding carboxylic acids is 1. The minimum atomic E-state index is -0.387. The molecule has 1 saturated heterocycles. The van der Waals surface area contributed by atoms with Gasteiger partial charge in [0.1, 0.15) is 0 Å². The third-order valence-electron chi connectivity index (χ3n) is 3.79. The van der Waals surface area contributed by atoms with E-state index in [1.165, 1.54) is 7.11 Å². The molecule has 1 fully saturated rings. The van der Waals surface area contributed by atoms with Crippen LogP contribution >= 0.6 is 0 Å². The van der Waals surface area contributed by atoms with Crippen molar-refractivity contribution in [2.45, 2.75) is 13.0 Å². The molecule has 0 amide bonds. The minimum Gasteiger partial charge on any atom is -0.465 e. The van der Waals surface area contributed by atoms with Crippen LogP contribution in [-0.2, 0) is 4.74 Å². The standard InChI is InChI=1S/C14H21N3O2/c1-10-9-17(8-7-16(10)2)12-6-4-5-11(13(12)15)14(18)19-3/h4-6,10H,7-9,15H2,1-3H3. The number of methoxy groups -OCH3 is 1. The van der Waals surface area contributed by atoms with Gasteiger partial charge >= 0.3 is 5.97 Å². The molecule has 104 valence electrons. The summed E-state index contributed by atoms with van der Waals surface area (Å²) in [6, 6.07) is 5.97. The lowest BCUT2D eigenvalue weighted by Gasteiger charge is -2.39. The maximum absolute atomic E-state index is 11.7. The van der Waals surface area contributed by atoms with Gasteiger partial charge in [0.05, 0.1) is 24.0 Å². The number of benzene rings is 1. The van der Waals surface area contributed by atoms with Crippen molar-refractivity contribution in [1.82, 2.24) is 4.90 Å². The highest BCUT2D eigenvalue weighted by atomic mass is 16.5. The monoisotopic (exact) mass is 263 g/mol. The van der Waals surface area contributed by atoms with Gasteiger partial charge in [-0.3, -0.25) is 0 Å². The van der Waals surface area contributed by atoms with E-state index >= 15 is 0 Å². The second-order valence-electron chi connectivity index (χ2n) is 5.01. The number of nitrogens with two attached hydrogens (primary N) is 1. The Morgan fingerprint density at radius 3 is 2.79 bits per heavy atom. The van der Waals surface area contributed by atoms with Crippen LogP contribution in [0.3, 0.4) is 0 Å². The Morgan fingerprint density at radius 1 is 1.42 bits per heavy atom. The van der Waals surface area contributed by atoms with E-state index in [2.05, 4.69) is 23.8 Å². The number of anilines is 2. The summed E-state index contributed by atoms with van der Waals surface area (Å²) in [7, 11) is 3.49. The van der Waals surface area contributed by atoms with Crippen LogP contribution in [0.1, 0.15) is 17.3 Å². The van der Waals surface area contributed by atoms with E-state index in [0.717, 1.165) is 25.3 Å². The molecule has 1 aromatic carbocycles. The number of nitrogens with zero attached hydrogens (tertiary/aromatic N) is 2. The normalized spacial score (nSPS) is 20.4. The zero-order chi connectivity index (χ0) is 14.0. The molecule has 0 aromatic heterocycles. The molecule has 0 bridgehead atoms. The molecular formula is C14H21N3O2. The molecule has 1 atom stereocenters. The fourth-order valence-corrected chi connectivity index (χ4v) is 2.38. The third-order valence-corrected chi connectivity index (χ3v) is 3.79. The van der Waals surface area contributed by atoms with Gasteiger partial charge in [0.15, 0.2) is 0 Å². The van der Waals surface area contributed by atoms with E-state index in [9.17, 15) is 4.79 Å². The zero-order valence-corrected chi connectivity index (χ0v) is 11.7. The Morgan fingerprint density at radius 2 is 2.16 bits per heavy atom. The maximum Gasteiger partial charge on any atom is 0.340 e. The number of likely N-dealkylation sites (N-methyl/N-ethyl adjacent to an activating group) is 1. The second-order valence-corrected chi connectivity index (χ2v) is 5.01. The van der Waals surface area contributed by atoms with Crippen molar-refractivity contribution in [1.29, 1.82) is 0 Å². The first kappa shape index (κ1) is 13.7. The van der Waals surface area contributed by atoms with Crippen molar-refractivity contribution >= 4 is 17.3 Å². The second kappa shape index (κ2) is 5.48. The summed E-state index contributed by atoms with van der Waals surface area (Å²) in [5.74, 6) is -0.387. The van der Waals surface area contributed by atoms with Gasteiger partial charge in [0, 0.05) is 25.7 Å². The molecule has 1 aliphatic rings. The van der Waals surface area contributed by atoms with Crippen LogP contribution in [0.2, 0.25) is 0 Å². The third kappa shape index (κ3) is 2.66. The van der Waals surface area contributed by atoms with Crippen LogP contribution in [0.25, 0.3) is 0 Å². The van der Waals surface area contributed by atoms with E-state index in [0.29, 0.717) is 17.3 Å². The van der Waals surface area contributed by atoms with Crippen molar-refractivity contribution in [3.05, 3.63) is 23.8 Å². The molecule has 5 nitrogen and oxygen atoms in total. The summed E-state index contributed by atoms with van der Waals surface area (Å²) < 4.78 is 4.75. The number of nitrogen functional groups attached to an aromatic ring is 1. The van der Waals surface area contributed by atoms with Crippen molar-refractivity contribution < 1.29 is 9.53 Å². The van der Waals surface area contributed by atoms with Gasteiger partial charge in [-0.05, 0) is 26.1 Å². The number of rotatable bonds is 2. The maximum atomic E-state index is 11.7. The minimum absolute atomic E-state index is 0.387. The average Bonchev–Trinajstić information content (AvgIpc) is 2.41. The van der Waals surface area contributed by atoms with Gasteiger partial charge in [-0.25, -0.2) is 4.79 Å². The quantitative estimate of drug-likeness (QED) is 0.641. The molecule has 1 aromatic rings. The molecule has 1 heterocycles. The van der Waals surface area contributed by atoms with Gasteiger partial charge in [-0.2, -0.15) is 0 Å². The van der Waals surface area contributed by atoms with Crippen LogP contribution in [-0.4, -0.2) is 50.7 Å². The van der Waals surface area contributed by atoms with Crippen molar-refractivity contribution in [3.63, 3.8) is 0 Å². The lowest BCUT2D eigenvalue weighted by atomic mass is 10.1. The fourth-order valence-electron chi connectivity index (χ4n) is 2.38. The number of hydrogen-bond donors (Lipinski definition) is 1. The fraction of sp³-hybridized carbons (Fsp3) is 0.500. The van der Waals surface area contributed by atoms with E-state index in [-0.39, 0.29) is 5.97 Å². The predicted molar refractivity (Wildman–Crippen MR) is 76.5 cm³/mol. The molecule has 0 saturated carbocycles. The summed E-state index contributed by atoms with van der Waals surface area (Å²) in [4.78, 5) is 16.2. The van der Waals surface area contributed by atoms with Gasteiger partial charge in [-0.1, -0.05) is 6.07 Å². The highest BCUT2D eigenvalue weighted by Gasteiger charge is 2.23. The van der Waals surface area contributed by atoms with E-state index in [1.807, 2.05) is 12.1 Å². The first-order chi connectivity index (χ1) is 9.04. The molecule has 2 rings (SSSR count). The van der Waals surface area contributed by atoms with E-state index in [4.69, 9.17) is 10.5 Å². The summed E-state index contributed by atoms with van der Waals surface area (Å²) >= 11 is 0. The first-order valence-electron chi connectivity index (χ1n) is 6.46. The largest absolute Gasteiger partial charge is 0.465 e. The molecule has 2 N–H and O–H groups in total. The van der Waals surface area contributed by atoms with Gasteiger partial charge in [0.25, 0.3) is 0 Å². The molecule has 0 radical (unpaired) electrons. The number of hydrogen-bond acceptors (Lipinski definition) is 5. The molecule has 5 heteroatoms. The molecule has 1 aliphatic heterocycles. The lowest BCUT2D eigenvalue weighted by Crippen LogP contribution is -2.50. The highest BCUT2D eigenvalue weighted by molar-refractivity contribution is 5.98. The molecule has 1 unspecified atom stereocenters. The van der Waals surface area contributed by atoms with Crippen molar-refractivity contribution in [2.24, 2.45) is 0 Å². The van der Waals surface area contributed by atoms with Crippen molar-refractivity contribution in [3.8, 4) is 0 Å². The van der Waals surface area contributed by atoms with Crippen LogP contribution in [0.5, 0.6) is 0 Å². The Bertz CT molecular complexity index is 476. The molecule has 0 spiro atoms. The summed E-state index contributed by atoms with van der Waals surface area (Å²) in [5, 5.41) is 0. The smallest absolute Gasteiger partial charge is 0.340 e. The van der Waals surface area contributed by atoms with Crippen molar-refractivity contribution in [2.75, 3.05) is 44.4 Å². The summed E-state index contributed by atoms with van der Waals surface area (Å²) in [6.07, 6.45) is 0. The van der Waals surface area contributed by atoms with E-state index in [1.54, 1.807) is 6.07 Å². The van der Waals surface area contributed by atoms with Crippen LogP contribution in [0.15, 0.2) is 18.2 Å². The van der Waals surface area contributed by atoms with Gasteiger partial charge in [0.2, 0.25) is 0 Å². The lowest BCUT2D eigenvalue weighted by molar-refractivity contribution is 0.0602. The Balaban J connectivity index is 2.28. The number of carbonyl (C=O) groups is 1. The molecule has 0 aliphatic carbocycles. The highest BCUT2D eigenvalue weighted by Crippen LogP contribution is 2.28. The van der Waals surface area contributed by atoms with Crippen LogP contribution < -0.4 is 10.6 Å². The Kier molecular flexibility index (Phi) is 3.95. The first-order valence-corrected chi connectivity index (χ1v) is 6.46. The van der Waals surface area contributed by atoms with Crippen LogP contribution in [0.4, 0.5) is 11.4 Å². The SMILES string of the molecule is COC(=O)c1cccc(N2CCN(C)C(C)C2)c1N. The predicted octanol–water partition coefficient (Wildman–Crippen LogP) is 1.20. The van der Waals surface area contributed by atoms with Gasteiger partial charge in [-0.15, -0.1) is 0 Å². The van der Waals surface area contributed by atoms with Gasteiger partial charge < -0.3 is 20.3 Å². The number of piperazine rings is 1. The Hall–Kier alpha value is -1.75. The zero-order valence-electron chi connectivity index (χ0n) is 11.7. The molecular weight excluding hydrogens is 242 g/mol.